The minimum Gasteiger partial charge on any atom is -0.480 e. The molecule has 0 aromatic rings. The lowest BCUT2D eigenvalue weighted by Crippen LogP contribution is -2.58. The number of thiol groups is 1. The van der Waals surface area contributed by atoms with E-state index in [9.17, 15) is 28.8 Å². The number of nitrogens with two attached hydrogens (primary N) is 4. The Labute approximate surface area is 190 Å². The van der Waals surface area contributed by atoms with E-state index in [-0.39, 0.29) is 5.75 Å². The normalized spacial score (nSPS) is 14.3. The Balaban J connectivity index is 5.20. The van der Waals surface area contributed by atoms with Crippen LogP contribution in [0, 0.1) is 0 Å². The SMILES string of the molecule is NCCCCC(N)C(=O)NC(CC(N)=O)C(=O)NC(CS)C(=O)NC(CC(N)=O)C(=O)O. The number of hydrogen-bond donors (Lipinski definition) is 9. The van der Waals surface area contributed by atoms with Crippen molar-refractivity contribution in [2.45, 2.75) is 56.3 Å². The van der Waals surface area contributed by atoms with E-state index in [1.165, 1.54) is 0 Å². The van der Waals surface area contributed by atoms with Crippen LogP contribution in [0.3, 0.4) is 0 Å². The predicted octanol–water partition coefficient (Wildman–Crippen LogP) is -4.34. The molecule has 0 radical (unpaired) electrons. The molecule has 5 amide bonds. The van der Waals surface area contributed by atoms with Crippen LogP contribution in [0.1, 0.15) is 32.1 Å². The lowest BCUT2D eigenvalue weighted by Gasteiger charge is -2.23. The first-order chi connectivity index (χ1) is 14.9. The van der Waals surface area contributed by atoms with E-state index in [4.69, 9.17) is 28.0 Å². The molecule has 0 spiro atoms. The summed E-state index contributed by atoms with van der Waals surface area (Å²) in [4.78, 5) is 70.6. The number of carbonyl (C=O) groups excluding carboxylic acids is 5. The van der Waals surface area contributed by atoms with E-state index in [2.05, 4.69) is 28.6 Å². The van der Waals surface area contributed by atoms with Crippen molar-refractivity contribution in [2.24, 2.45) is 22.9 Å². The highest BCUT2D eigenvalue weighted by atomic mass is 32.1. The van der Waals surface area contributed by atoms with Gasteiger partial charge in [-0.05, 0) is 19.4 Å². The van der Waals surface area contributed by atoms with Gasteiger partial charge in [0.05, 0.1) is 18.9 Å². The zero-order valence-corrected chi connectivity index (χ0v) is 18.3. The quantitative estimate of drug-likeness (QED) is 0.0767. The lowest BCUT2D eigenvalue weighted by atomic mass is 10.1. The Hall–Kier alpha value is -2.91. The molecule has 0 aliphatic heterocycles. The van der Waals surface area contributed by atoms with Gasteiger partial charge in [0.1, 0.15) is 18.1 Å². The minimum atomic E-state index is -1.62. The zero-order valence-electron chi connectivity index (χ0n) is 17.4. The van der Waals surface area contributed by atoms with Crippen molar-refractivity contribution in [3.05, 3.63) is 0 Å². The number of nitrogens with one attached hydrogen (secondary N) is 3. The average molecular weight is 478 g/mol. The fourth-order valence-corrected chi connectivity index (χ4v) is 2.73. The minimum absolute atomic E-state index is 0.268. The second-order valence-corrected chi connectivity index (χ2v) is 7.30. The predicted molar refractivity (Wildman–Crippen MR) is 116 cm³/mol. The fraction of sp³-hybridized carbons (Fsp3) is 0.647. The number of carbonyl (C=O) groups is 6. The van der Waals surface area contributed by atoms with E-state index < -0.39 is 72.5 Å². The molecule has 0 saturated heterocycles. The highest BCUT2D eigenvalue weighted by Gasteiger charge is 2.31. The van der Waals surface area contributed by atoms with Crippen LogP contribution < -0.4 is 38.9 Å². The van der Waals surface area contributed by atoms with Crippen LogP contribution in [0.15, 0.2) is 0 Å². The van der Waals surface area contributed by atoms with E-state index in [1.807, 2.05) is 0 Å². The average Bonchev–Trinajstić information content (AvgIpc) is 2.69. The smallest absolute Gasteiger partial charge is 0.326 e. The summed E-state index contributed by atoms with van der Waals surface area (Å²) in [6.45, 7) is 0.427. The van der Waals surface area contributed by atoms with Crippen molar-refractivity contribution in [1.29, 1.82) is 0 Å². The fourth-order valence-electron chi connectivity index (χ4n) is 2.47. The molecule has 0 bridgehead atoms. The van der Waals surface area contributed by atoms with Gasteiger partial charge in [0.25, 0.3) is 0 Å². The Morgan fingerprint density at radius 2 is 1.25 bits per heavy atom. The van der Waals surface area contributed by atoms with E-state index >= 15 is 0 Å². The van der Waals surface area contributed by atoms with Gasteiger partial charge in [-0.15, -0.1) is 0 Å². The molecular weight excluding hydrogens is 446 g/mol. The molecular formula is C17H31N7O7S. The second kappa shape index (κ2) is 15.0. The zero-order chi connectivity index (χ0) is 24.8. The maximum absolute atomic E-state index is 12.6. The molecule has 32 heavy (non-hydrogen) atoms. The van der Waals surface area contributed by atoms with Crippen LogP contribution in [0.5, 0.6) is 0 Å². The lowest BCUT2D eigenvalue weighted by molar-refractivity contribution is -0.143. The van der Waals surface area contributed by atoms with Crippen LogP contribution in [0.25, 0.3) is 0 Å². The summed E-state index contributed by atoms with van der Waals surface area (Å²) in [5.41, 5.74) is 21.2. The standard InChI is InChI=1S/C17H31N7O7S/c18-4-2-1-3-8(19)14(27)22-9(5-12(20)25)15(28)24-11(7-32)16(29)23-10(17(30)31)6-13(21)26/h8-11,32H,1-7,18-19H2,(H2,20,25)(H2,21,26)(H,22,27)(H,23,29)(H,24,28)(H,30,31). The van der Waals surface area contributed by atoms with Crippen molar-refractivity contribution in [2.75, 3.05) is 12.3 Å². The molecule has 182 valence electrons. The third kappa shape index (κ3) is 11.5. The van der Waals surface area contributed by atoms with Crippen molar-refractivity contribution in [3.63, 3.8) is 0 Å². The van der Waals surface area contributed by atoms with Gasteiger partial charge in [0, 0.05) is 5.75 Å². The van der Waals surface area contributed by atoms with E-state index in [1.54, 1.807) is 0 Å². The van der Waals surface area contributed by atoms with Crippen molar-refractivity contribution >= 4 is 48.1 Å². The molecule has 4 unspecified atom stereocenters. The Morgan fingerprint density at radius 3 is 1.72 bits per heavy atom. The van der Waals surface area contributed by atoms with Crippen LogP contribution in [0.4, 0.5) is 0 Å². The molecule has 15 heteroatoms. The summed E-state index contributed by atoms with van der Waals surface area (Å²) >= 11 is 3.94. The number of primary amides is 2. The maximum Gasteiger partial charge on any atom is 0.326 e. The van der Waals surface area contributed by atoms with Crippen LogP contribution >= 0.6 is 12.6 Å². The summed E-state index contributed by atoms with van der Waals surface area (Å²) in [7, 11) is 0. The summed E-state index contributed by atoms with van der Waals surface area (Å²) in [6.07, 6.45) is 0.282. The molecule has 0 rings (SSSR count). The molecule has 12 N–H and O–H groups in total. The van der Waals surface area contributed by atoms with E-state index in [0.717, 1.165) is 0 Å². The first-order valence-corrected chi connectivity index (χ1v) is 10.3. The van der Waals surface area contributed by atoms with Gasteiger partial charge >= 0.3 is 5.97 Å². The van der Waals surface area contributed by atoms with Crippen LogP contribution in [0.2, 0.25) is 0 Å². The van der Waals surface area contributed by atoms with Crippen LogP contribution in [-0.4, -0.2) is 77.1 Å². The summed E-state index contributed by atoms with van der Waals surface area (Å²) in [5, 5.41) is 15.7. The van der Waals surface area contributed by atoms with Gasteiger partial charge in [0.15, 0.2) is 0 Å². The Kier molecular flexibility index (Phi) is 13.6. The van der Waals surface area contributed by atoms with Crippen LogP contribution in [-0.2, 0) is 28.8 Å². The Bertz CT molecular complexity index is 707. The number of carboxylic acids is 1. The summed E-state index contributed by atoms with van der Waals surface area (Å²) in [6, 6.07) is -5.37. The van der Waals surface area contributed by atoms with Gasteiger partial charge in [0.2, 0.25) is 29.5 Å². The number of aliphatic carboxylic acids is 1. The first-order valence-electron chi connectivity index (χ1n) is 9.69. The maximum atomic E-state index is 12.6. The highest BCUT2D eigenvalue weighted by molar-refractivity contribution is 7.80. The topological polar surface area (TPSA) is 263 Å². The van der Waals surface area contributed by atoms with Crippen molar-refractivity contribution in [3.8, 4) is 0 Å². The molecule has 4 atom stereocenters. The first kappa shape index (κ1) is 29.1. The van der Waals surface area contributed by atoms with Gasteiger partial charge in [-0.3, -0.25) is 24.0 Å². The summed E-state index contributed by atoms with van der Waals surface area (Å²) < 4.78 is 0. The molecule has 0 aromatic carbocycles. The van der Waals surface area contributed by atoms with Gasteiger partial charge in [-0.2, -0.15) is 12.6 Å². The van der Waals surface area contributed by atoms with Gasteiger partial charge in [-0.25, -0.2) is 4.79 Å². The van der Waals surface area contributed by atoms with Crippen molar-refractivity contribution in [1.82, 2.24) is 16.0 Å². The highest BCUT2D eigenvalue weighted by Crippen LogP contribution is 2.02. The molecule has 0 aromatic heterocycles. The number of unbranched alkanes of at least 4 members (excludes halogenated alkanes) is 1. The Morgan fingerprint density at radius 1 is 0.781 bits per heavy atom. The third-order valence-electron chi connectivity index (χ3n) is 4.18. The van der Waals surface area contributed by atoms with Gasteiger partial charge in [-0.1, -0.05) is 6.42 Å². The largest absolute Gasteiger partial charge is 0.480 e. The molecule has 0 aliphatic carbocycles. The van der Waals surface area contributed by atoms with E-state index in [0.29, 0.717) is 25.8 Å². The van der Waals surface area contributed by atoms with Crippen molar-refractivity contribution < 1.29 is 33.9 Å². The monoisotopic (exact) mass is 477 g/mol. The number of amides is 5. The number of carboxylic acid groups (broad SMARTS) is 1. The molecule has 0 heterocycles. The molecule has 0 aliphatic rings. The molecule has 0 fully saturated rings. The summed E-state index contributed by atoms with van der Waals surface area (Å²) in [5.74, 6) is -6.26. The van der Waals surface area contributed by atoms with Gasteiger partial charge < -0.3 is 44.0 Å². The second-order valence-electron chi connectivity index (χ2n) is 6.94. The molecule has 0 saturated carbocycles. The molecule has 14 nitrogen and oxygen atoms in total. The number of hydrogen-bond acceptors (Lipinski definition) is 9. The number of rotatable bonds is 16. The third-order valence-corrected chi connectivity index (χ3v) is 4.54.